The second-order valence-electron chi connectivity index (χ2n) is 4.66. The lowest BCUT2D eigenvalue weighted by atomic mass is 10.1. The van der Waals surface area contributed by atoms with Crippen molar-refractivity contribution < 1.29 is 9.59 Å². The standard InChI is InChI=1S/C12H24N2O2S/c1-8(2)11(15)14-10(6-7-17-5)12(16)13-9(3)4/h8-10H,6-7H2,1-5H3,(H,13,16)(H,14,15)/t10-/m0/s1. The quantitative estimate of drug-likeness (QED) is 0.727. The van der Waals surface area contributed by atoms with Gasteiger partial charge in [-0.1, -0.05) is 13.8 Å². The van der Waals surface area contributed by atoms with Gasteiger partial charge < -0.3 is 10.6 Å². The van der Waals surface area contributed by atoms with Gasteiger partial charge in [-0.05, 0) is 32.3 Å². The monoisotopic (exact) mass is 260 g/mol. The van der Waals surface area contributed by atoms with Crippen LogP contribution in [0.15, 0.2) is 0 Å². The maximum Gasteiger partial charge on any atom is 0.242 e. The summed E-state index contributed by atoms with van der Waals surface area (Å²) in [5.41, 5.74) is 0. The number of thioether (sulfide) groups is 1. The fraction of sp³-hybridized carbons (Fsp3) is 0.833. The second-order valence-corrected chi connectivity index (χ2v) is 5.65. The molecular formula is C12H24N2O2S. The first kappa shape index (κ1) is 16.3. The van der Waals surface area contributed by atoms with Crippen LogP contribution in [-0.4, -0.2) is 35.9 Å². The first-order chi connectivity index (χ1) is 7.88. The van der Waals surface area contributed by atoms with Crippen LogP contribution in [0.3, 0.4) is 0 Å². The topological polar surface area (TPSA) is 58.2 Å². The minimum atomic E-state index is -0.417. The number of carbonyl (C=O) groups is 2. The van der Waals surface area contributed by atoms with Crippen molar-refractivity contribution in [1.82, 2.24) is 10.6 Å². The van der Waals surface area contributed by atoms with Crippen LogP contribution in [0.2, 0.25) is 0 Å². The van der Waals surface area contributed by atoms with Crippen LogP contribution in [-0.2, 0) is 9.59 Å². The van der Waals surface area contributed by atoms with Gasteiger partial charge in [0.15, 0.2) is 0 Å². The van der Waals surface area contributed by atoms with Crippen LogP contribution in [0.1, 0.15) is 34.1 Å². The molecule has 0 radical (unpaired) electrons. The molecule has 0 aromatic carbocycles. The van der Waals surface area contributed by atoms with E-state index < -0.39 is 6.04 Å². The number of rotatable bonds is 7. The molecular weight excluding hydrogens is 236 g/mol. The molecule has 0 saturated carbocycles. The molecule has 2 N–H and O–H groups in total. The molecule has 0 aromatic rings. The van der Waals surface area contributed by atoms with Gasteiger partial charge in [-0.15, -0.1) is 0 Å². The fourth-order valence-electron chi connectivity index (χ4n) is 1.23. The van der Waals surface area contributed by atoms with E-state index in [-0.39, 0.29) is 23.8 Å². The van der Waals surface area contributed by atoms with Gasteiger partial charge in [-0.2, -0.15) is 11.8 Å². The SMILES string of the molecule is CSCC[C@H](NC(=O)C(C)C)C(=O)NC(C)C. The number of hydrogen-bond acceptors (Lipinski definition) is 3. The molecule has 100 valence electrons. The highest BCUT2D eigenvalue weighted by Crippen LogP contribution is 2.03. The van der Waals surface area contributed by atoms with Crippen LogP contribution >= 0.6 is 11.8 Å². The summed E-state index contributed by atoms with van der Waals surface area (Å²) in [6.45, 7) is 7.46. The Labute approximate surface area is 108 Å². The maximum absolute atomic E-state index is 11.9. The highest BCUT2D eigenvalue weighted by Gasteiger charge is 2.21. The predicted molar refractivity (Wildman–Crippen MR) is 73.0 cm³/mol. The van der Waals surface area contributed by atoms with Gasteiger partial charge >= 0.3 is 0 Å². The highest BCUT2D eigenvalue weighted by molar-refractivity contribution is 7.98. The zero-order chi connectivity index (χ0) is 13.4. The lowest BCUT2D eigenvalue weighted by molar-refractivity contribution is -0.130. The van der Waals surface area contributed by atoms with Crippen molar-refractivity contribution in [3.63, 3.8) is 0 Å². The van der Waals surface area contributed by atoms with Crippen LogP contribution in [0.5, 0.6) is 0 Å². The predicted octanol–water partition coefficient (Wildman–Crippen LogP) is 1.40. The Kier molecular flexibility index (Phi) is 8.04. The first-order valence-electron chi connectivity index (χ1n) is 5.98. The molecule has 0 fully saturated rings. The Morgan fingerprint density at radius 2 is 1.65 bits per heavy atom. The van der Waals surface area contributed by atoms with E-state index in [1.54, 1.807) is 11.8 Å². The molecule has 0 heterocycles. The first-order valence-corrected chi connectivity index (χ1v) is 7.37. The minimum Gasteiger partial charge on any atom is -0.352 e. The van der Waals surface area contributed by atoms with Gasteiger partial charge in [0.25, 0.3) is 0 Å². The average molecular weight is 260 g/mol. The lowest BCUT2D eigenvalue weighted by Gasteiger charge is -2.20. The molecule has 0 aliphatic heterocycles. The lowest BCUT2D eigenvalue weighted by Crippen LogP contribution is -2.49. The average Bonchev–Trinajstić information content (AvgIpc) is 2.22. The number of amides is 2. The summed E-state index contributed by atoms with van der Waals surface area (Å²) in [6.07, 6.45) is 2.65. The van der Waals surface area contributed by atoms with Gasteiger partial charge in [0.05, 0.1) is 0 Å². The highest BCUT2D eigenvalue weighted by atomic mass is 32.2. The molecule has 0 spiro atoms. The number of nitrogens with one attached hydrogen (secondary N) is 2. The van der Waals surface area contributed by atoms with Crippen LogP contribution < -0.4 is 10.6 Å². The Hall–Kier alpha value is -0.710. The fourth-order valence-corrected chi connectivity index (χ4v) is 1.70. The molecule has 0 rings (SSSR count). The molecule has 0 aliphatic carbocycles. The van der Waals surface area contributed by atoms with Crippen molar-refractivity contribution in [2.24, 2.45) is 5.92 Å². The molecule has 0 aliphatic rings. The van der Waals surface area contributed by atoms with E-state index in [1.165, 1.54) is 0 Å². The van der Waals surface area contributed by atoms with Crippen molar-refractivity contribution in [3.05, 3.63) is 0 Å². The summed E-state index contributed by atoms with van der Waals surface area (Å²) < 4.78 is 0. The molecule has 0 bridgehead atoms. The third-order valence-corrected chi connectivity index (χ3v) is 2.84. The van der Waals surface area contributed by atoms with E-state index in [1.807, 2.05) is 34.0 Å². The molecule has 0 saturated heterocycles. The smallest absolute Gasteiger partial charge is 0.242 e. The van der Waals surface area contributed by atoms with E-state index in [0.29, 0.717) is 6.42 Å². The summed E-state index contributed by atoms with van der Waals surface area (Å²) in [5.74, 6) is 0.589. The molecule has 0 unspecified atom stereocenters. The van der Waals surface area contributed by atoms with Gasteiger partial charge in [0.1, 0.15) is 6.04 Å². The molecule has 17 heavy (non-hydrogen) atoms. The summed E-state index contributed by atoms with van der Waals surface area (Å²) in [4.78, 5) is 23.5. The molecule has 0 aromatic heterocycles. The molecule has 1 atom stereocenters. The van der Waals surface area contributed by atoms with E-state index in [4.69, 9.17) is 0 Å². The van der Waals surface area contributed by atoms with Crippen LogP contribution in [0, 0.1) is 5.92 Å². The second kappa shape index (κ2) is 8.39. The zero-order valence-corrected chi connectivity index (χ0v) is 12.2. The van der Waals surface area contributed by atoms with Crippen molar-refractivity contribution in [3.8, 4) is 0 Å². The maximum atomic E-state index is 11.9. The third-order valence-electron chi connectivity index (χ3n) is 2.20. The normalized spacial score (nSPS) is 12.6. The Morgan fingerprint density at radius 1 is 1.06 bits per heavy atom. The number of carbonyl (C=O) groups excluding carboxylic acids is 2. The summed E-state index contributed by atoms with van der Waals surface area (Å²) >= 11 is 1.67. The van der Waals surface area contributed by atoms with E-state index in [9.17, 15) is 9.59 Å². The van der Waals surface area contributed by atoms with Crippen molar-refractivity contribution >= 4 is 23.6 Å². The van der Waals surface area contributed by atoms with Crippen molar-refractivity contribution in [1.29, 1.82) is 0 Å². The third kappa shape index (κ3) is 7.26. The van der Waals surface area contributed by atoms with E-state index in [2.05, 4.69) is 10.6 Å². The van der Waals surface area contributed by atoms with Gasteiger partial charge in [0.2, 0.25) is 11.8 Å². The Morgan fingerprint density at radius 3 is 2.06 bits per heavy atom. The summed E-state index contributed by atoms with van der Waals surface area (Å²) in [7, 11) is 0. The van der Waals surface area contributed by atoms with E-state index in [0.717, 1.165) is 5.75 Å². The summed E-state index contributed by atoms with van der Waals surface area (Å²) in [6, 6.07) is -0.324. The number of hydrogen-bond donors (Lipinski definition) is 2. The molecule has 2 amide bonds. The van der Waals surface area contributed by atoms with E-state index >= 15 is 0 Å². The Bertz CT molecular complexity index is 255. The Balaban J connectivity index is 4.41. The largest absolute Gasteiger partial charge is 0.352 e. The van der Waals surface area contributed by atoms with Gasteiger partial charge in [-0.25, -0.2) is 0 Å². The van der Waals surface area contributed by atoms with Gasteiger partial charge in [0, 0.05) is 12.0 Å². The molecule has 4 nitrogen and oxygen atoms in total. The molecule has 5 heteroatoms. The van der Waals surface area contributed by atoms with Gasteiger partial charge in [-0.3, -0.25) is 9.59 Å². The van der Waals surface area contributed by atoms with Crippen LogP contribution in [0.4, 0.5) is 0 Å². The van der Waals surface area contributed by atoms with Crippen LogP contribution in [0.25, 0.3) is 0 Å². The van der Waals surface area contributed by atoms with Crippen molar-refractivity contribution in [2.75, 3.05) is 12.0 Å². The summed E-state index contributed by atoms with van der Waals surface area (Å²) in [5, 5.41) is 5.63. The minimum absolute atomic E-state index is 0.0741. The zero-order valence-electron chi connectivity index (χ0n) is 11.4. The van der Waals surface area contributed by atoms with Crippen molar-refractivity contribution in [2.45, 2.75) is 46.2 Å².